The molecule has 30 valence electrons. The van der Waals surface area contributed by atoms with Gasteiger partial charge in [0.2, 0.25) is 0 Å². The largest absolute Gasteiger partial charge is 0.351 e. The van der Waals surface area contributed by atoms with Gasteiger partial charge in [0.15, 0.2) is 7.41 Å². The summed E-state index contributed by atoms with van der Waals surface area (Å²) in [6, 6.07) is 0. The summed E-state index contributed by atoms with van der Waals surface area (Å²) in [4.78, 5) is 2.12. The van der Waals surface area contributed by atoms with Crippen molar-refractivity contribution >= 4 is 7.41 Å². The third-order valence-corrected chi connectivity index (χ3v) is 0.632. The molecule has 0 atom stereocenters. The first kappa shape index (κ1) is 5.02. The molecule has 0 aromatic heterocycles. The molecule has 0 aromatic rings. The Morgan fingerprint density at radius 2 is 1.60 bits per heavy atom. The van der Waals surface area contributed by atoms with Gasteiger partial charge in [-0.25, -0.2) is 0 Å². The third kappa shape index (κ3) is 4.02. The van der Waals surface area contributed by atoms with Crippen LogP contribution in [0, 0.1) is 0 Å². The van der Waals surface area contributed by atoms with Gasteiger partial charge in [-0.2, -0.15) is 0 Å². The van der Waals surface area contributed by atoms with Crippen molar-refractivity contribution in [1.82, 2.24) is 4.81 Å². The van der Waals surface area contributed by atoms with Crippen molar-refractivity contribution in [2.45, 2.75) is 6.82 Å². The first-order valence-corrected chi connectivity index (χ1v) is 1.92. The summed E-state index contributed by atoms with van der Waals surface area (Å²) in [6.07, 6.45) is 0. The van der Waals surface area contributed by atoms with Gasteiger partial charge < -0.3 is 4.81 Å². The Hall–Kier alpha value is 0.0249. The molecular formula is C3H10BN. The minimum atomic E-state index is 1.14. The maximum atomic E-state index is 2.12. The maximum absolute atomic E-state index is 2.12. The van der Waals surface area contributed by atoms with Gasteiger partial charge in [-0.05, 0) is 14.1 Å². The molecule has 0 heterocycles. The van der Waals surface area contributed by atoms with Crippen LogP contribution in [0.2, 0.25) is 6.82 Å². The van der Waals surface area contributed by atoms with Crippen molar-refractivity contribution in [3.63, 3.8) is 0 Å². The summed E-state index contributed by atoms with van der Waals surface area (Å²) < 4.78 is 0. The maximum Gasteiger partial charge on any atom is 0.200 e. The first-order chi connectivity index (χ1) is 2.27. The number of nitrogens with zero attached hydrogens (tertiary/aromatic N) is 1. The molecule has 0 unspecified atom stereocenters. The standard InChI is InChI=1S/C3H10BN/c1-4-5(2)3/h4H,1-3H3. The SMILES string of the molecule is CBN(C)C. The Morgan fingerprint density at radius 1 is 1.40 bits per heavy atom. The second-order valence-corrected chi connectivity index (χ2v) is 1.40. The zero-order valence-corrected chi connectivity index (χ0v) is 4.15. The van der Waals surface area contributed by atoms with Crippen LogP contribution in [0.4, 0.5) is 0 Å². The van der Waals surface area contributed by atoms with Crippen LogP contribution in [0.15, 0.2) is 0 Å². The first-order valence-electron chi connectivity index (χ1n) is 1.92. The van der Waals surface area contributed by atoms with E-state index in [-0.39, 0.29) is 0 Å². The monoisotopic (exact) mass is 71.1 g/mol. The van der Waals surface area contributed by atoms with Crippen LogP contribution in [-0.4, -0.2) is 26.3 Å². The van der Waals surface area contributed by atoms with Gasteiger partial charge in [-0.3, -0.25) is 0 Å². The minimum Gasteiger partial charge on any atom is -0.351 e. The van der Waals surface area contributed by atoms with Gasteiger partial charge in [0.1, 0.15) is 0 Å². The Morgan fingerprint density at radius 3 is 1.60 bits per heavy atom. The highest BCUT2D eigenvalue weighted by Crippen LogP contribution is 1.60. The molecule has 5 heavy (non-hydrogen) atoms. The molecule has 1 nitrogen and oxygen atoms in total. The predicted molar refractivity (Wildman–Crippen MR) is 26.7 cm³/mol. The smallest absolute Gasteiger partial charge is 0.200 e. The number of rotatable bonds is 1. The van der Waals surface area contributed by atoms with Gasteiger partial charge >= 0.3 is 0 Å². The summed E-state index contributed by atoms with van der Waals surface area (Å²) in [5.74, 6) is 0. The lowest BCUT2D eigenvalue weighted by atomic mass is 9.99. The van der Waals surface area contributed by atoms with E-state index in [4.69, 9.17) is 0 Å². The van der Waals surface area contributed by atoms with Crippen LogP contribution in [0.25, 0.3) is 0 Å². The Balaban J connectivity index is 2.54. The lowest BCUT2D eigenvalue weighted by Crippen LogP contribution is -2.12. The second-order valence-electron chi connectivity index (χ2n) is 1.40. The molecular weight excluding hydrogens is 60.9 g/mol. The predicted octanol–water partition coefficient (Wildman–Crippen LogP) is -0.0524. The highest BCUT2D eigenvalue weighted by atomic mass is 15.0. The normalized spacial score (nSPS) is 8.80. The molecule has 0 radical (unpaired) electrons. The van der Waals surface area contributed by atoms with Crippen LogP contribution in [0.3, 0.4) is 0 Å². The molecule has 0 fully saturated rings. The van der Waals surface area contributed by atoms with Crippen LogP contribution in [-0.2, 0) is 0 Å². The van der Waals surface area contributed by atoms with Gasteiger partial charge in [0, 0.05) is 0 Å². The summed E-state index contributed by atoms with van der Waals surface area (Å²) in [6.45, 7) is 2.12. The van der Waals surface area contributed by atoms with E-state index < -0.39 is 0 Å². The van der Waals surface area contributed by atoms with Crippen molar-refractivity contribution in [1.29, 1.82) is 0 Å². The summed E-state index contributed by atoms with van der Waals surface area (Å²) in [5, 5.41) is 0. The molecule has 0 rings (SSSR count). The molecule has 0 aromatic carbocycles. The highest BCUT2D eigenvalue weighted by Gasteiger charge is 1.76. The average Bonchev–Trinajstić information content (AvgIpc) is 1.38. The van der Waals surface area contributed by atoms with Gasteiger partial charge in [-0.1, -0.05) is 6.82 Å². The third-order valence-electron chi connectivity index (χ3n) is 0.632. The fraction of sp³-hybridized carbons (Fsp3) is 1.00. The van der Waals surface area contributed by atoms with E-state index in [2.05, 4.69) is 25.7 Å². The summed E-state index contributed by atoms with van der Waals surface area (Å²) in [5.41, 5.74) is 0. The lowest BCUT2D eigenvalue weighted by Gasteiger charge is -1.98. The lowest BCUT2D eigenvalue weighted by molar-refractivity contribution is 0.665. The topological polar surface area (TPSA) is 3.24 Å². The van der Waals surface area contributed by atoms with Crippen molar-refractivity contribution in [2.75, 3.05) is 14.1 Å². The molecule has 0 aliphatic heterocycles. The van der Waals surface area contributed by atoms with E-state index in [1.807, 2.05) is 0 Å². The van der Waals surface area contributed by atoms with Crippen LogP contribution in [0.1, 0.15) is 0 Å². The fourth-order valence-electron chi connectivity index (χ4n) is 0. The second kappa shape index (κ2) is 2.27. The molecule has 0 spiro atoms. The van der Waals surface area contributed by atoms with Crippen molar-refractivity contribution < 1.29 is 0 Å². The minimum absolute atomic E-state index is 1.14. The summed E-state index contributed by atoms with van der Waals surface area (Å²) >= 11 is 0. The van der Waals surface area contributed by atoms with Crippen LogP contribution >= 0.6 is 0 Å². The van der Waals surface area contributed by atoms with E-state index in [9.17, 15) is 0 Å². The Bertz CT molecular complexity index is 20.9. The zero-order valence-electron chi connectivity index (χ0n) is 4.15. The molecule has 0 saturated carbocycles. The number of hydrogen-bond donors (Lipinski definition) is 0. The molecule has 0 aliphatic carbocycles. The molecule has 0 saturated heterocycles. The summed E-state index contributed by atoms with van der Waals surface area (Å²) in [7, 11) is 5.25. The molecule has 0 N–H and O–H groups in total. The zero-order chi connectivity index (χ0) is 4.28. The Kier molecular flexibility index (Phi) is 2.28. The van der Waals surface area contributed by atoms with E-state index in [1.165, 1.54) is 0 Å². The van der Waals surface area contributed by atoms with E-state index in [0.29, 0.717) is 0 Å². The van der Waals surface area contributed by atoms with Crippen molar-refractivity contribution in [2.24, 2.45) is 0 Å². The van der Waals surface area contributed by atoms with Crippen molar-refractivity contribution in [3.05, 3.63) is 0 Å². The molecule has 0 aliphatic rings. The van der Waals surface area contributed by atoms with Crippen LogP contribution in [0.5, 0.6) is 0 Å². The Labute approximate surface area is 34.2 Å². The average molecular weight is 70.9 g/mol. The quantitative estimate of drug-likeness (QED) is 0.391. The van der Waals surface area contributed by atoms with Crippen LogP contribution < -0.4 is 0 Å². The molecule has 0 amide bonds. The number of hydrogen-bond acceptors (Lipinski definition) is 1. The van der Waals surface area contributed by atoms with Crippen molar-refractivity contribution in [3.8, 4) is 0 Å². The van der Waals surface area contributed by atoms with Gasteiger partial charge in [-0.15, -0.1) is 0 Å². The molecule has 0 bridgehead atoms. The van der Waals surface area contributed by atoms with Gasteiger partial charge in [0.05, 0.1) is 0 Å². The van der Waals surface area contributed by atoms with E-state index in [0.717, 1.165) is 7.41 Å². The van der Waals surface area contributed by atoms with E-state index >= 15 is 0 Å². The molecule has 2 heteroatoms. The van der Waals surface area contributed by atoms with Gasteiger partial charge in [0.25, 0.3) is 0 Å². The van der Waals surface area contributed by atoms with E-state index in [1.54, 1.807) is 0 Å². The fourth-order valence-corrected chi connectivity index (χ4v) is 0. The highest BCUT2D eigenvalue weighted by molar-refractivity contribution is 6.29.